The molecule has 0 fully saturated rings. The topological polar surface area (TPSA) is 41.9 Å². The minimum atomic E-state index is 0.0913. The van der Waals surface area contributed by atoms with Gasteiger partial charge in [-0.3, -0.25) is 0 Å². The Labute approximate surface area is 128 Å². The monoisotopic (exact) mass is 295 g/mol. The summed E-state index contributed by atoms with van der Waals surface area (Å²) in [6.07, 6.45) is 5.95. The minimum Gasteiger partial charge on any atom is -0.502 e. The molecule has 0 unspecified atom stereocenters. The number of hydrogen-bond acceptors (Lipinski definition) is 4. The number of nitrogens with zero attached hydrogens (tertiary/aromatic N) is 1. The van der Waals surface area contributed by atoms with E-state index in [0.717, 1.165) is 18.5 Å². The molecule has 4 heteroatoms. The van der Waals surface area contributed by atoms with E-state index >= 15 is 0 Å². The zero-order valence-corrected chi connectivity index (χ0v) is 13.8. The Bertz CT molecular complexity index is 419. The van der Waals surface area contributed by atoms with Crippen molar-refractivity contribution in [3.63, 3.8) is 0 Å². The molecule has 4 nitrogen and oxygen atoms in total. The fourth-order valence-corrected chi connectivity index (χ4v) is 2.25. The lowest BCUT2D eigenvalue weighted by Gasteiger charge is -2.15. The predicted molar refractivity (Wildman–Crippen MR) is 86.3 cm³/mol. The van der Waals surface area contributed by atoms with E-state index in [0.29, 0.717) is 18.1 Å². The van der Waals surface area contributed by atoms with Gasteiger partial charge in [-0.2, -0.15) is 0 Å². The zero-order chi connectivity index (χ0) is 15.7. The van der Waals surface area contributed by atoms with E-state index in [-0.39, 0.29) is 5.75 Å². The first-order valence-corrected chi connectivity index (χ1v) is 7.75. The summed E-state index contributed by atoms with van der Waals surface area (Å²) in [7, 11) is 5.57. The van der Waals surface area contributed by atoms with Crippen LogP contribution in [0.4, 0.5) is 0 Å². The van der Waals surface area contributed by atoms with Crippen LogP contribution >= 0.6 is 0 Å². The number of ether oxygens (including phenoxy) is 2. The Morgan fingerprint density at radius 3 is 2.33 bits per heavy atom. The summed E-state index contributed by atoms with van der Waals surface area (Å²) >= 11 is 0. The number of phenols is 1. The molecule has 1 rings (SSSR count). The van der Waals surface area contributed by atoms with Gasteiger partial charge in [0.05, 0.1) is 13.7 Å². The van der Waals surface area contributed by atoms with E-state index in [1.54, 1.807) is 7.11 Å². The van der Waals surface area contributed by atoms with Crippen LogP contribution in [0.25, 0.3) is 0 Å². The second-order valence-electron chi connectivity index (χ2n) is 5.65. The average molecular weight is 295 g/mol. The molecule has 0 aliphatic heterocycles. The van der Waals surface area contributed by atoms with Crippen molar-refractivity contribution in [2.75, 3.05) is 27.8 Å². The van der Waals surface area contributed by atoms with Crippen LogP contribution < -0.4 is 9.47 Å². The molecule has 1 aromatic carbocycles. The van der Waals surface area contributed by atoms with Crippen molar-refractivity contribution in [3.8, 4) is 17.2 Å². The number of benzene rings is 1. The van der Waals surface area contributed by atoms with Gasteiger partial charge >= 0.3 is 0 Å². The van der Waals surface area contributed by atoms with Crippen molar-refractivity contribution in [3.05, 3.63) is 17.7 Å². The largest absolute Gasteiger partial charge is 0.502 e. The van der Waals surface area contributed by atoms with Crippen LogP contribution in [-0.2, 0) is 6.54 Å². The number of phenolic OH excluding ortho intramolecular Hbond substituents is 1. The third kappa shape index (κ3) is 6.25. The van der Waals surface area contributed by atoms with E-state index in [9.17, 15) is 5.11 Å². The lowest BCUT2D eigenvalue weighted by Crippen LogP contribution is -2.11. The standard InChI is InChI=1S/C17H29NO3/c1-5-6-7-8-9-10-21-16-12-14(13-18(2)3)11-15(20-4)17(16)19/h11-12,19H,5-10,13H2,1-4H3. The molecule has 0 heterocycles. The molecule has 120 valence electrons. The molecular weight excluding hydrogens is 266 g/mol. The second-order valence-corrected chi connectivity index (χ2v) is 5.65. The van der Waals surface area contributed by atoms with Gasteiger partial charge in [-0.1, -0.05) is 32.6 Å². The number of methoxy groups -OCH3 is 1. The fraction of sp³-hybridized carbons (Fsp3) is 0.647. The molecule has 21 heavy (non-hydrogen) atoms. The van der Waals surface area contributed by atoms with Crippen LogP contribution in [0, 0.1) is 0 Å². The molecule has 0 aliphatic carbocycles. The Morgan fingerprint density at radius 2 is 1.71 bits per heavy atom. The Hall–Kier alpha value is -1.42. The summed E-state index contributed by atoms with van der Waals surface area (Å²) in [6, 6.07) is 3.74. The number of rotatable bonds is 10. The molecule has 0 radical (unpaired) electrons. The highest BCUT2D eigenvalue weighted by atomic mass is 16.5. The fourth-order valence-electron chi connectivity index (χ4n) is 2.25. The molecule has 1 aromatic rings. The Balaban J connectivity index is 2.62. The maximum atomic E-state index is 10.1. The third-order valence-corrected chi connectivity index (χ3v) is 3.32. The van der Waals surface area contributed by atoms with Gasteiger partial charge in [-0.15, -0.1) is 0 Å². The first-order chi connectivity index (χ1) is 10.1. The maximum Gasteiger partial charge on any atom is 0.200 e. The normalized spacial score (nSPS) is 10.9. The molecule has 0 spiro atoms. The van der Waals surface area contributed by atoms with Crippen LogP contribution in [0.3, 0.4) is 0 Å². The van der Waals surface area contributed by atoms with Gasteiger partial charge in [0.25, 0.3) is 0 Å². The van der Waals surface area contributed by atoms with Crippen molar-refractivity contribution in [1.29, 1.82) is 0 Å². The van der Waals surface area contributed by atoms with Gasteiger partial charge < -0.3 is 19.5 Å². The lowest BCUT2D eigenvalue weighted by molar-refractivity contribution is 0.280. The van der Waals surface area contributed by atoms with Crippen molar-refractivity contribution in [2.24, 2.45) is 0 Å². The maximum absolute atomic E-state index is 10.1. The van der Waals surface area contributed by atoms with Gasteiger partial charge in [0.1, 0.15) is 0 Å². The number of hydrogen-bond donors (Lipinski definition) is 1. The molecule has 1 N–H and O–H groups in total. The number of aromatic hydroxyl groups is 1. The van der Waals surface area contributed by atoms with E-state index < -0.39 is 0 Å². The van der Waals surface area contributed by atoms with Crippen LogP contribution in [0.2, 0.25) is 0 Å². The highest BCUT2D eigenvalue weighted by Crippen LogP contribution is 2.37. The molecule has 0 bridgehead atoms. The molecule has 0 aromatic heterocycles. The van der Waals surface area contributed by atoms with Gasteiger partial charge in [0.15, 0.2) is 11.5 Å². The molecule has 0 amide bonds. The highest BCUT2D eigenvalue weighted by Gasteiger charge is 2.12. The van der Waals surface area contributed by atoms with Crippen molar-refractivity contribution >= 4 is 0 Å². The third-order valence-electron chi connectivity index (χ3n) is 3.32. The zero-order valence-electron chi connectivity index (χ0n) is 13.8. The van der Waals surface area contributed by atoms with Crippen molar-refractivity contribution in [1.82, 2.24) is 4.90 Å². The molecule has 0 atom stereocenters. The van der Waals surface area contributed by atoms with Gasteiger partial charge in [0, 0.05) is 6.54 Å². The average Bonchev–Trinajstić information content (AvgIpc) is 2.44. The highest BCUT2D eigenvalue weighted by molar-refractivity contribution is 5.52. The first-order valence-electron chi connectivity index (χ1n) is 7.75. The summed E-state index contributed by atoms with van der Waals surface area (Å²) in [5, 5.41) is 10.1. The van der Waals surface area contributed by atoms with Crippen molar-refractivity contribution in [2.45, 2.75) is 45.6 Å². The summed E-state index contributed by atoms with van der Waals surface area (Å²) in [6.45, 7) is 3.62. The smallest absolute Gasteiger partial charge is 0.200 e. The first kappa shape index (κ1) is 17.6. The minimum absolute atomic E-state index is 0.0913. The summed E-state index contributed by atoms with van der Waals surface area (Å²) in [5.41, 5.74) is 1.07. The van der Waals surface area contributed by atoms with E-state index in [1.807, 2.05) is 26.2 Å². The van der Waals surface area contributed by atoms with Crippen LogP contribution in [0.1, 0.15) is 44.6 Å². The SMILES string of the molecule is CCCCCCCOc1cc(CN(C)C)cc(OC)c1O. The summed E-state index contributed by atoms with van der Waals surface area (Å²) < 4.78 is 11.0. The summed E-state index contributed by atoms with van der Waals surface area (Å²) in [5.74, 6) is 1.07. The van der Waals surface area contributed by atoms with E-state index in [2.05, 4.69) is 11.8 Å². The van der Waals surface area contributed by atoms with Gasteiger partial charge in [-0.25, -0.2) is 0 Å². The van der Waals surface area contributed by atoms with Gasteiger partial charge in [-0.05, 0) is 38.2 Å². The second kappa shape index (κ2) is 9.50. The number of unbranched alkanes of at least 4 members (excludes halogenated alkanes) is 4. The Morgan fingerprint density at radius 1 is 1.05 bits per heavy atom. The molecule has 0 aliphatic rings. The van der Waals surface area contributed by atoms with Crippen molar-refractivity contribution < 1.29 is 14.6 Å². The van der Waals surface area contributed by atoms with Crippen LogP contribution in [0.5, 0.6) is 17.2 Å². The van der Waals surface area contributed by atoms with Crippen LogP contribution in [-0.4, -0.2) is 37.8 Å². The van der Waals surface area contributed by atoms with Crippen LogP contribution in [0.15, 0.2) is 12.1 Å². The molecular formula is C17H29NO3. The summed E-state index contributed by atoms with van der Waals surface area (Å²) in [4.78, 5) is 2.07. The van der Waals surface area contributed by atoms with E-state index in [1.165, 1.54) is 25.7 Å². The van der Waals surface area contributed by atoms with Gasteiger partial charge in [0.2, 0.25) is 5.75 Å². The molecule has 0 saturated carbocycles. The molecule has 0 saturated heterocycles. The predicted octanol–water partition coefficient (Wildman–Crippen LogP) is 3.81. The Kier molecular flexibility index (Phi) is 7.98. The lowest BCUT2D eigenvalue weighted by atomic mass is 10.1. The van der Waals surface area contributed by atoms with E-state index in [4.69, 9.17) is 9.47 Å². The quantitative estimate of drug-likeness (QED) is 0.666.